The summed E-state index contributed by atoms with van der Waals surface area (Å²) in [5.41, 5.74) is -2.19. The number of carboxylic acid groups (broad SMARTS) is 1. The average Bonchev–Trinajstić information content (AvgIpc) is 2.24. The van der Waals surface area contributed by atoms with Gasteiger partial charge in [0.1, 0.15) is 18.5 Å². The summed E-state index contributed by atoms with van der Waals surface area (Å²) in [6.07, 6.45) is -6.15. The minimum atomic E-state index is -4.81. The van der Waals surface area contributed by atoms with Crippen molar-refractivity contribution in [2.75, 3.05) is 6.61 Å². The molecule has 3 nitrogen and oxygen atoms in total. The normalized spacial score (nSPS) is 13.2. The Bertz CT molecular complexity index is 440. The van der Waals surface area contributed by atoms with Crippen LogP contribution in [0, 0.1) is 0 Å². The molecule has 1 atom stereocenters. The predicted molar refractivity (Wildman–Crippen MR) is 54.5 cm³/mol. The van der Waals surface area contributed by atoms with Gasteiger partial charge in [0.25, 0.3) is 0 Å². The van der Waals surface area contributed by atoms with Gasteiger partial charge in [0.05, 0.1) is 11.1 Å². The summed E-state index contributed by atoms with van der Waals surface area (Å²) in [5, 5.41) is 8.64. The van der Waals surface area contributed by atoms with Crippen LogP contribution in [-0.2, 0) is 6.18 Å². The van der Waals surface area contributed by atoms with Crippen molar-refractivity contribution in [3.05, 3.63) is 29.3 Å². The number of aromatic carboxylic acids is 1. The molecule has 100 valence electrons. The topological polar surface area (TPSA) is 46.5 Å². The third kappa shape index (κ3) is 3.61. The number of alkyl halides is 4. The van der Waals surface area contributed by atoms with Crippen molar-refractivity contribution in [1.82, 2.24) is 0 Å². The standard InChI is InChI=1S/C11H10F4O3/c1-6(12)5-18-7-2-3-8(10(16)17)9(4-7)11(13,14)15/h2-4,6H,5H2,1H3,(H,16,17)/t6-/m0/s1. The summed E-state index contributed by atoms with van der Waals surface area (Å²) in [4.78, 5) is 10.6. The molecule has 1 aromatic rings. The number of carbonyl (C=O) groups is 1. The highest BCUT2D eigenvalue weighted by Gasteiger charge is 2.35. The molecule has 7 heteroatoms. The van der Waals surface area contributed by atoms with Gasteiger partial charge >= 0.3 is 12.1 Å². The van der Waals surface area contributed by atoms with Crippen LogP contribution in [0.2, 0.25) is 0 Å². The van der Waals surface area contributed by atoms with E-state index in [0.29, 0.717) is 6.07 Å². The number of hydrogen-bond donors (Lipinski definition) is 1. The van der Waals surface area contributed by atoms with Crippen LogP contribution in [0.5, 0.6) is 5.75 Å². The quantitative estimate of drug-likeness (QED) is 0.851. The van der Waals surface area contributed by atoms with Gasteiger partial charge in [-0.25, -0.2) is 9.18 Å². The van der Waals surface area contributed by atoms with Crippen LogP contribution in [0.1, 0.15) is 22.8 Å². The number of hydrogen-bond acceptors (Lipinski definition) is 2. The molecule has 0 aliphatic carbocycles. The lowest BCUT2D eigenvalue weighted by molar-refractivity contribution is -0.138. The van der Waals surface area contributed by atoms with Crippen molar-refractivity contribution in [2.24, 2.45) is 0 Å². The molecular formula is C11H10F4O3. The molecule has 0 aliphatic rings. The Labute approximate surface area is 100.0 Å². The minimum Gasteiger partial charge on any atom is -0.491 e. The van der Waals surface area contributed by atoms with Crippen LogP contribution in [-0.4, -0.2) is 23.9 Å². The first kappa shape index (κ1) is 14.3. The summed E-state index contributed by atoms with van der Waals surface area (Å²) in [5.74, 6) is -1.91. The van der Waals surface area contributed by atoms with E-state index in [1.165, 1.54) is 6.92 Å². The van der Waals surface area contributed by atoms with E-state index in [2.05, 4.69) is 0 Å². The van der Waals surface area contributed by atoms with Crippen molar-refractivity contribution < 1.29 is 32.2 Å². The Morgan fingerprint density at radius 2 is 2.06 bits per heavy atom. The molecule has 0 fully saturated rings. The molecule has 0 bridgehead atoms. The van der Waals surface area contributed by atoms with Crippen LogP contribution < -0.4 is 4.74 Å². The highest BCUT2D eigenvalue weighted by molar-refractivity contribution is 5.89. The SMILES string of the molecule is C[C@H](F)COc1ccc(C(=O)O)c(C(F)(F)F)c1. The average molecular weight is 266 g/mol. The molecule has 18 heavy (non-hydrogen) atoms. The zero-order valence-corrected chi connectivity index (χ0v) is 9.29. The van der Waals surface area contributed by atoms with Crippen molar-refractivity contribution >= 4 is 5.97 Å². The Hall–Kier alpha value is -1.79. The van der Waals surface area contributed by atoms with E-state index < -0.39 is 36.1 Å². The third-order valence-electron chi connectivity index (χ3n) is 2.01. The van der Waals surface area contributed by atoms with Crippen LogP contribution >= 0.6 is 0 Å². The van der Waals surface area contributed by atoms with Gasteiger partial charge in [-0.3, -0.25) is 0 Å². The fourth-order valence-electron chi connectivity index (χ4n) is 1.25. The van der Waals surface area contributed by atoms with Crippen molar-refractivity contribution in [1.29, 1.82) is 0 Å². The molecule has 0 saturated carbocycles. The van der Waals surface area contributed by atoms with Crippen molar-refractivity contribution in [3.63, 3.8) is 0 Å². The molecule has 1 rings (SSSR count). The van der Waals surface area contributed by atoms with E-state index in [1.54, 1.807) is 0 Å². The fourth-order valence-corrected chi connectivity index (χ4v) is 1.25. The molecule has 0 aliphatic heterocycles. The van der Waals surface area contributed by atoms with Gasteiger partial charge in [-0.1, -0.05) is 0 Å². The van der Waals surface area contributed by atoms with E-state index >= 15 is 0 Å². The lowest BCUT2D eigenvalue weighted by atomic mass is 10.1. The van der Waals surface area contributed by atoms with Crippen molar-refractivity contribution in [3.8, 4) is 5.75 Å². The monoisotopic (exact) mass is 266 g/mol. The molecule has 1 N–H and O–H groups in total. The Kier molecular flexibility index (Phi) is 4.15. The summed E-state index contributed by atoms with van der Waals surface area (Å²) in [6.45, 7) is 0.792. The highest BCUT2D eigenvalue weighted by Crippen LogP contribution is 2.34. The maximum atomic E-state index is 12.6. The Balaban J connectivity index is 3.10. The van der Waals surface area contributed by atoms with E-state index in [4.69, 9.17) is 9.84 Å². The van der Waals surface area contributed by atoms with Crippen LogP contribution in [0.3, 0.4) is 0 Å². The second-order valence-electron chi connectivity index (χ2n) is 3.60. The number of rotatable bonds is 4. The Morgan fingerprint density at radius 3 is 2.50 bits per heavy atom. The first-order valence-corrected chi connectivity index (χ1v) is 4.93. The molecule has 0 spiro atoms. The van der Waals surface area contributed by atoms with Gasteiger partial charge in [0.2, 0.25) is 0 Å². The zero-order chi connectivity index (χ0) is 13.9. The summed E-state index contributed by atoms with van der Waals surface area (Å²) in [6, 6.07) is 2.39. The molecule has 0 heterocycles. The van der Waals surface area contributed by atoms with Gasteiger partial charge in [-0.05, 0) is 25.1 Å². The maximum absolute atomic E-state index is 12.6. The van der Waals surface area contributed by atoms with Gasteiger partial charge in [-0.2, -0.15) is 13.2 Å². The maximum Gasteiger partial charge on any atom is 0.417 e. The number of halogens is 4. The second-order valence-corrected chi connectivity index (χ2v) is 3.60. The number of benzene rings is 1. The highest BCUT2D eigenvalue weighted by atomic mass is 19.4. The van der Waals surface area contributed by atoms with E-state index in [-0.39, 0.29) is 5.75 Å². The van der Waals surface area contributed by atoms with Crippen LogP contribution in [0.25, 0.3) is 0 Å². The summed E-state index contributed by atoms with van der Waals surface area (Å²) in [7, 11) is 0. The van der Waals surface area contributed by atoms with Crippen molar-refractivity contribution in [2.45, 2.75) is 19.3 Å². The lowest BCUT2D eigenvalue weighted by Gasteiger charge is -2.13. The first-order chi connectivity index (χ1) is 8.21. The van der Waals surface area contributed by atoms with Gasteiger partial charge < -0.3 is 9.84 Å². The van der Waals surface area contributed by atoms with E-state index in [9.17, 15) is 22.4 Å². The largest absolute Gasteiger partial charge is 0.491 e. The summed E-state index contributed by atoms with van der Waals surface area (Å²) < 4.78 is 55.0. The fraction of sp³-hybridized carbons (Fsp3) is 0.364. The molecular weight excluding hydrogens is 256 g/mol. The molecule has 0 radical (unpaired) electrons. The molecule has 0 amide bonds. The number of ether oxygens (including phenoxy) is 1. The predicted octanol–water partition coefficient (Wildman–Crippen LogP) is 3.14. The zero-order valence-electron chi connectivity index (χ0n) is 9.29. The molecule has 0 saturated heterocycles. The minimum absolute atomic E-state index is 0.225. The molecule has 1 aromatic carbocycles. The van der Waals surface area contributed by atoms with Gasteiger partial charge in [0, 0.05) is 0 Å². The summed E-state index contributed by atoms with van der Waals surface area (Å²) >= 11 is 0. The van der Waals surface area contributed by atoms with E-state index in [0.717, 1.165) is 12.1 Å². The van der Waals surface area contributed by atoms with Crippen LogP contribution in [0.4, 0.5) is 17.6 Å². The second kappa shape index (κ2) is 5.24. The molecule has 0 aromatic heterocycles. The van der Waals surface area contributed by atoms with Gasteiger partial charge in [0.15, 0.2) is 0 Å². The smallest absolute Gasteiger partial charge is 0.417 e. The van der Waals surface area contributed by atoms with Crippen LogP contribution in [0.15, 0.2) is 18.2 Å². The van der Waals surface area contributed by atoms with E-state index in [1.807, 2.05) is 0 Å². The third-order valence-corrected chi connectivity index (χ3v) is 2.01. The molecule has 0 unspecified atom stereocenters. The lowest BCUT2D eigenvalue weighted by Crippen LogP contribution is -2.14. The first-order valence-electron chi connectivity index (χ1n) is 4.93. The Morgan fingerprint density at radius 1 is 1.44 bits per heavy atom. The number of carboxylic acids is 1. The van der Waals surface area contributed by atoms with Gasteiger partial charge in [-0.15, -0.1) is 0 Å².